The number of para-hydroxylation sites is 1. The molecule has 0 bridgehead atoms. The monoisotopic (exact) mass is 338 g/mol. The summed E-state index contributed by atoms with van der Waals surface area (Å²) in [7, 11) is 0. The van der Waals surface area contributed by atoms with E-state index in [-0.39, 0.29) is 12.0 Å². The predicted molar refractivity (Wildman–Crippen MR) is 101 cm³/mol. The molecule has 3 rings (SSSR count). The van der Waals surface area contributed by atoms with Crippen molar-refractivity contribution in [2.75, 3.05) is 11.4 Å². The van der Waals surface area contributed by atoms with E-state index in [0.29, 0.717) is 6.42 Å². The number of carbonyl (C=O) groups excluding carboxylic acids is 1. The van der Waals surface area contributed by atoms with Gasteiger partial charge >= 0.3 is 0 Å². The van der Waals surface area contributed by atoms with Gasteiger partial charge in [0.2, 0.25) is 5.91 Å². The van der Waals surface area contributed by atoms with E-state index in [1.54, 1.807) is 0 Å². The molecular weight excluding hydrogens is 312 g/mol. The molecule has 1 aliphatic rings. The van der Waals surface area contributed by atoms with Crippen molar-refractivity contribution in [2.24, 2.45) is 0 Å². The number of carbonyl (C=O) groups is 1. The van der Waals surface area contributed by atoms with E-state index in [1.807, 2.05) is 49.1 Å². The first kappa shape index (κ1) is 17.5. The molecule has 1 N–H and O–H groups in total. The third-order valence-corrected chi connectivity index (χ3v) is 4.30. The molecule has 1 fully saturated rings. The minimum atomic E-state index is 0.169. The van der Waals surface area contributed by atoms with E-state index in [2.05, 4.69) is 23.5 Å². The van der Waals surface area contributed by atoms with E-state index >= 15 is 0 Å². The molecule has 0 aliphatic carbocycles. The molecule has 1 amide bonds. The van der Waals surface area contributed by atoms with Crippen LogP contribution >= 0.6 is 0 Å². The molecule has 25 heavy (non-hydrogen) atoms. The van der Waals surface area contributed by atoms with Crippen molar-refractivity contribution < 1.29 is 9.53 Å². The highest BCUT2D eigenvalue weighted by Gasteiger charge is 2.21. The van der Waals surface area contributed by atoms with Crippen LogP contribution in [0.25, 0.3) is 0 Å². The molecule has 0 spiro atoms. The topological polar surface area (TPSA) is 41.6 Å². The van der Waals surface area contributed by atoms with Gasteiger partial charge in [-0.1, -0.05) is 30.3 Å². The highest BCUT2D eigenvalue weighted by molar-refractivity contribution is 5.95. The van der Waals surface area contributed by atoms with Crippen LogP contribution in [0.2, 0.25) is 0 Å². The van der Waals surface area contributed by atoms with Gasteiger partial charge in [0.05, 0.1) is 6.10 Å². The Bertz CT molecular complexity index is 710. The number of nitrogens with one attached hydrogen (secondary N) is 1. The SMILES string of the molecule is CC(C)Oc1ccccc1CNCc1ccc(N2CCCC2=O)cc1. The third-order valence-electron chi connectivity index (χ3n) is 4.30. The lowest BCUT2D eigenvalue weighted by Gasteiger charge is -2.16. The molecule has 0 radical (unpaired) electrons. The Morgan fingerprint density at radius 1 is 1.08 bits per heavy atom. The zero-order valence-electron chi connectivity index (χ0n) is 15.0. The lowest BCUT2D eigenvalue weighted by molar-refractivity contribution is -0.117. The summed E-state index contributed by atoms with van der Waals surface area (Å²) in [4.78, 5) is 13.7. The number of hydrogen-bond donors (Lipinski definition) is 1. The molecule has 4 heteroatoms. The molecule has 1 saturated heterocycles. The molecular formula is C21H26N2O2. The highest BCUT2D eigenvalue weighted by atomic mass is 16.5. The average molecular weight is 338 g/mol. The van der Waals surface area contributed by atoms with Gasteiger partial charge in [0.15, 0.2) is 0 Å². The second-order valence-electron chi connectivity index (χ2n) is 6.69. The molecule has 1 aliphatic heterocycles. The molecule has 2 aromatic rings. The van der Waals surface area contributed by atoms with Crippen LogP contribution in [0.5, 0.6) is 5.75 Å². The van der Waals surface area contributed by atoms with Crippen LogP contribution < -0.4 is 15.0 Å². The van der Waals surface area contributed by atoms with Gasteiger partial charge in [-0.2, -0.15) is 0 Å². The minimum absolute atomic E-state index is 0.169. The van der Waals surface area contributed by atoms with Crippen LogP contribution in [-0.4, -0.2) is 18.6 Å². The first-order valence-electron chi connectivity index (χ1n) is 8.98. The van der Waals surface area contributed by atoms with Gasteiger partial charge in [-0.15, -0.1) is 0 Å². The van der Waals surface area contributed by atoms with Crippen molar-refractivity contribution in [3.63, 3.8) is 0 Å². The molecule has 4 nitrogen and oxygen atoms in total. The fourth-order valence-electron chi connectivity index (χ4n) is 3.08. The van der Waals surface area contributed by atoms with Crippen LogP contribution in [0.3, 0.4) is 0 Å². The molecule has 2 aromatic carbocycles. The van der Waals surface area contributed by atoms with Crippen LogP contribution in [0.15, 0.2) is 48.5 Å². The maximum atomic E-state index is 11.8. The zero-order chi connectivity index (χ0) is 17.6. The van der Waals surface area contributed by atoms with E-state index in [0.717, 1.165) is 43.1 Å². The Hall–Kier alpha value is -2.33. The standard InChI is InChI=1S/C21H26N2O2/c1-16(2)25-20-7-4-3-6-18(20)15-22-14-17-9-11-19(12-10-17)23-13-5-8-21(23)24/h3-4,6-7,9-12,16,22H,5,8,13-15H2,1-2H3. The Labute approximate surface area is 149 Å². The summed E-state index contributed by atoms with van der Waals surface area (Å²) in [5.41, 5.74) is 3.37. The van der Waals surface area contributed by atoms with Crippen molar-refractivity contribution in [3.8, 4) is 5.75 Å². The summed E-state index contributed by atoms with van der Waals surface area (Å²) in [5.74, 6) is 1.17. The first-order valence-corrected chi connectivity index (χ1v) is 8.98. The average Bonchev–Trinajstić information content (AvgIpc) is 3.03. The lowest BCUT2D eigenvalue weighted by Crippen LogP contribution is -2.23. The third kappa shape index (κ3) is 4.60. The summed E-state index contributed by atoms with van der Waals surface area (Å²) >= 11 is 0. The van der Waals surface area contributed by atoms with Gasteiger partial charge in [-0.05, 0) is 44.0 Å². The minimum Gasteiger partial charge on any atom is -0.491 e. The molecule has 0 unspecified atom stereocenters. The Morgan fingerprint density at radius 2 is 1.84 bits per heavy atom. The van der Waals surface area contributed by atoms with Crippen LogP contribution in [0, 0.1) is 0 Å². The van der Waals surface area contributed by atoms with Crippen LogP contribution in [0.1, 0.15) is 37.8 Å². The van der Waals surface area contributed by atoms with E-state index < -0.39 is 0 Å². The molecule has 0 aromatic heterocycles. The summed E-state index contributed by atoms with van der Waals surface area (Å²) in [6.07, 6.45) is 1.79. The fourth-order valence-corrected chi connectivity index (χ4v) is 3.08. The maximum absolute atomic E-state index is 11.8. The Kier molecular flexibility index (Phi) is 5.71. The van der Waals surface area contributed by atoms with Gasteiger partial charge in [-0.25, -0.2) is 0 Å². The second kappa shape index (κ2) is 8.17. The number of anilines is 1. The van der Waals surface area contributed by atoms with Crippen molar-refractivity contribution >= 4 is 11.6 Å². The highest BCUT2D eigenvalue weighted by Crippen LogP contribution is 2.22. The number of nitrogens with zero attached hydrogens (tertiary/aromatic N) is 1. The molecule has 132 valence electrons. The fraction of sp³-hybridized carbons (Fsp3) is 0.381. The van der Waals surface area contributed by atoms with E-state index in [9.17, 15) is 4.79 Å². The normalized spacial score (nSPS) is 14.4. The number of benzene rings is 2. The Morgan fingerprint density at radius 3 is 2.52 bits per heavy atom. The van der Waals surface area contributed by atoms with Crippen molar-refractivity contribution in [3.05, 3.63) is 59.7 Å². The number of hydrogen-bond acceptors (Lipinski definition) is 3. The van der Waals surface area contributed by atoms with E-state index in [4.69, 9.17) is 4.74 Å². The largest absolute Gasteiger partial charge is 0.491 e. The van der Waals surface area contributed by atoms with E-state index in [1.165, 1.54) is 5.56 Å². The second-order valence-corrected chi connectivity index (χ2v) is 6.69. The maximum Gasteiger partial charge on any atom is 0.227 e. The van der Waals surface area contributed by atoms with Crippen molar-refractivity contribution in [2.45, 2.75) is 45.9 Å². The first-order chi connectivity index (χ1) is 12.1. The van der Waals surface area contributed by atoms with Crippen LogP contribution in [0.4, 0.5) is 5.69 Å². The Balaban J connectivity index is 1.55. The summed E-state index contributed by atoms with van der Waals surface area (Å²) in [6, 6.07) is 16.4. The number of ether oxygens (including phenoxy) is 1. The van der Waals surface area contributed by atoms with Gasteiger partial charge in [0.1, 0.15) is 5.75 Å². The van der Waals surface area contributed by atoms with Crippen molar-refractivity contribution in [1.82, 2.24) is 5.32 Å². The lowest BCUT2D eigenvalue weighted by atomic mass is 10.1. The van der Waals surface area contributed by atoms with Gasteiger partial charge in [0, 0.05) is 37.3 Å². The summed E-state index contributed by atoms with van der Waals surface area (Å²) < 4.78 is 5.85. The van der Waals surface area contributed by atoms with Crippen LogP contribution in [-0.2, 0) is 17.9 Å². The molecule has 0 saturated carbocycles. The number of rotatable bonds is 7. The molecule has 0 atom stereocenters. The summed E-state index contributed by atoms with van der Waals surface area (Å²) in [5, 5.41) is 3.47. The summed E-state index contributed by atoms with van der Waals surface area (Å²) in [6.45, 7) is 6.45. The quantitative estimate of drug-likeness (QED) is 0.833. The van der Waals surface area contributed by atoms with Gasteiger partial charge < -0.3 is 15.0 Å². The number of amides is 1. The van der Waals surface area contributed by atoms with Gasteiger partial charge in [-0.3, -0.25) is 4.79 Å². The zero-order valence-corrected chi connectivity index (χ0v) is 15.0. The van der Waals surface area contributed by atoms with Gasteiger partial charge in [0.25, 0.3) is 0 Å². The predicted octanol–water partition coefficient (Wildman–Crippen LogP) is 3.89. The smallest absolute Gasteiger partial charge is 0.227 e. The molecule has 1 heterocycles. The van der Waals surface area contributed by atoms with Crippen molar-refractivity contribution in [1.29, 1.82) is 0 Å².